The predicted octanol–water partition coefficient (Wildman–Crippen LogP) is 4.28. The van der Waals surface area contributed by atoms with Gasteiger partial charge < -0.3 is 19.4 Å². The van der Waals surface area contributed by atoms with Crippen molar-refractivity contribution in [2.45, 2.75) is 32.8 Å². The number of rotatable bonds is 8. The molecule has 1 saturated heterocycles. The summed E-state index contributed by atoms with van der Waals surface area (Å²) in [5, 5.41) is 5.29. The highest BCUT2D eigenvalue weighted by Crippen LogP contribution is 2.37. The minimum absolute atomic E-state index is 0.0178. The van der Waals surface area contributed by atoms with Crippen molar-refractivity contribution in [3.63, 3.8) is 0 Å². The molecule has 0 radical (unpaired) electrons. The Morgan fingerprint density at radius 3 is 2.77 bits per heavy atom. The highest BCUT2D eigenvalue weighted by atomic mass is 79.9. The molecule has 2 atom stereocenters. The minimum atomic E-state index is -0.441. The van der Waals surface area contributed by atoms with Gasteiger partial charge in [-0.05, 0) is 42.1 Å². The number of aryl methyl sites for hydroxylation is 2. The summed E-state index contributed by atoms with van der Waals surface area (Å²) >= 11 is 10.9. The summed E-state index contributed by atoms with van der Waals surface area (Å²) in [5.74, 6) is 0.0600. The standard InChI is InChI=1S/C22H26BrClN6O4S/c1-5-34-21(32)19-18(20-25-10-26-29(20)3)28-22(35-19)30-7-6-12(14(9-30)33-4)8-13(31)17-15(23)16(24)11(2)27-17/h10,12,14,27H,5-9H2,1-4H3/t12-,14-/m0/s1. The van der Waals surface area contributed by atoms with Gasteiger partial charge in [0.25, 0.3) is 0 Å². The van der Waals surface area contributed by atoms with Crippen LogP contribution in [0.5, 0.6) is 0 Å². The zero-order valence-corrected chi connectivity index (χ0v) is 23.0. The first-order valence-corrected chi connectivity index (χ1v) is 13.1. The van der Waals surface area contributed by atoms with Gasteiger partial charge in [0.1, 0.15) is 16.9 Å². The van der Waals surface area contributed by atoms with Crippen molar-refractivity contribution in [2.75, 3.05) is 31.7 Å². The Labute approximate surface area is 220 Å². The third-order valence-electron chi connectivity index (χ3n) is 6.05. The van der Waals surface area contributed by atoms with Crippen LogP contribution in [-0.4, -0.2) is 69.4 Å². The maximum Gasteiger partial charge on any atom is 0.350 e. The van der Waals surface area contributed by atoms with E-state index in [0.717, 1.165) is 12.1 Å². The number of esters is 1. The van der Waals surface area contributed by atoms with E-state index in [9.17, 15) is 9.59 Å². The van der Waals surface area contributed by atoms with E-state index in [4.69, 9.17) is 26.1 Å². The van der Waals surface area contributed by atoms with E-state index in [0.29, 0.717) is 56.2 Å². The molecule has 4 heterocycles. The third kappa shape index (κ3) is 5.16. The van der Waals surface area contributed by atoms with E-state index in [2.05, 4.69) is 35.9 Å². The molecule has 188 valence electrons. The van der Waals surface area contributed by atoms with E-state index in [1.807, 2.05) is 6.92 Å². The van der Waals surface area contributed by atoms with Crippen LogP contribution in [0.2, 0.25) is 5.02 Å². The van der Waals surface area contributed by atoms with Gasteiger partial charge in [-0.3, -0.25) is 4.79 Å². The van der Waals surface area contributed by atoms with Gasteiger partial charge in [0.2, 0.25) is 0 Å². The van der Waals surface area contributed by atoms with Gasteiger partial charge in [0, 0.05) is 39.4 Å². The highest BCUT2D eigenvalue weighted by Gasteiger charge is 2.34. The molecule has 1 fully saturated rings. The molecule has 1 N–H and O–H groups in total. The van der Waals surface area contributed by atoms with E-state index in [1.165, 1.54) is 17.7 Å². The van der Waals surface area contributed by atoms with Crippen molar-refractivity contribution < 1.29 is 19.1 Å². The van der Waals surface area contributed by atoms with Crippen molar-refractivity contribution in [3.05, 3.63) is 32.1 Å². The van der Waals surface area contributed by atoms with Gasteiger partial charge >= 0.3 is 5.97 Å². The molecule has 10 nitrogen and oxygen atoms in total. The number of nitrogens with one attached hydrogen (secondary N) is 1. The summed E-state index contributed by atoms with van der Waals surface area (Å²) in [6.45, 7) is 5.05. The summed E-state index contributed by atoms with van der Waals surface area (Å²) in [4.78, 5) is 40.2. The summed E-state index contributed by atoms with van der Waals surface area (Å²) in [7, 11) is 3.39. The van der Waals surface area contributed by atoms with Crippen LogP contribution in [0, 0.1) is 12.8 Å². The van der Waals surface area contributed by atoms with Crippen LogP contribution in [0.15, 0.2) is 10.8 Å². The third-order valence-corrected chi connectivity index (χ3v) is 8.64. The highest BCUT2D eigenvalue weighted by molar-refractivity contribution is 9.10. The maximum atomic E-state index is 13.0. The number of thiazole rings is 1. The molecule has 0 aromatic carbocycles. The Kier molecular flexibility index (Phi) is 7.94. The van der Waals surface area contributed by atoms with Gasteiger partial charge in [-0.25, -0.2) is 19.4 Å². The van der Waals surface area contributed by atoms with Crippen molar-refractivity contribution >= 4 is 55.8 Å². The number of ether oxygens (including phenoxy) is 2. The summed E-state index contributed by atoms with van der Waals surface area (Å²) in [6, 6.07) is 0. The number of carbonyl (C=O) groups is 2. The summed E-state index contributed by atoms with van der Waals surface area (Å²) in [6.07, 6.45) is 2.29. The zero-order chi connectivity index (χ0) is 25.3. The molecular formula is C22H26BrClN6O4S. The first kappa shape index (κ1) is 25.8. The molecule has 1 aliphatic heterocycles. The Hall–Kier alpha value is -2.28. The molecule has 3 aromatic heterocycles. The first-order chi connectivity index (χ1) is 16.7. The Morgan fingerprint density at radius 2 is 2.17 bits per heavy atom. The minimum Gasteiger partial charge on any atom is -0.462 e. The lowest BCUT2D eigenvalue weighted by Crippen LogP contribution is -2.45. The number of aromatic nitrogens is 5. The average molecular weight is 586 g/mol. The molecule has 1 aliphatic rings. The fourth-order valence-corrected chi connectivity index (χ4v) is 5.93. The summed E-state index contributed by atoms with van der Waals surface area (Å²) < 4.78 is 13.2. The van der Waals surface area contributed by atoms with Crippen LogP contribution >= 0.6 is 38.9 Å². The Bertz CT molecular complexity index is 1240. The van der Waals surface area contributed by atoms with Crippen LogP contribution in [-0.2, 0) is 16.5 Å². The van der Waals surface area contributed by atoms with Crippen LogP contribution in [0.3, 0.4) is 0 Å². The second-order valence-electron chi connectivity index (χ2n) is 8.25. The Morgan fingerprint density at radius 1 is 1.40 bits per heavy atom. The second-order valence-corrected chi connectivity index (χ2v) is 10.4. The molecule has 0 unspecified atom stereocenters. The monoisotopic (exact) mass is 584 g/mol. The van der Waals surface area contributed by atoms with Gasteiger partial charge in [0.15, 0.2) is 16.7 Å². The van der Waals surface area contributed by atoms with Crippen molar-refractivity contribution in [3.8, 4) is 11.5 Å². The molecule has 0 bridgehead atoms. The number of methoxy groups -OCH3 is 1. The molecule has 13 heteroatoms. The largest absolute Gasteiger partial charge is 0.462 e. The Balaban J connectivity index is 1.54. The lowest BCUT2D eigenvalue weighted by molar-refractivity contribution is 0.0374. The molecular weight excluding hydrogens is 560 g/mol. The number of hydrogen-bond acceptors (Lipinski definition) is 9. The topological polar surface area (TPSA) is 115 Å². The van der Waals surface area contributed by atoms with Gasteiger partial charge in [-0.2, -0.15) is 5.10 Å². The van der Waals surface area contributed by atoms with Gasteiger partial charge in [-0.1, -0.05) is 22.9 Å². The number of hydrogen-bond donors (Lipinski definition) is 1. The van der Waals surface area contributed by atoms with E-state index < -0.39 is 5.97 Å². The molecule has 0 aliphatic carbocycles. The van der Waals surface area contributed by atoms with E-state index in [1.54, 1.807) is 25.8 Å². The van der Waals surface area contributed by atoms with Crippen LogP contribution in [0.25, 0.3) is 11.5 Å². The van der Waals surface area contributed by atoms with Crippen molar-refractivity contribution in [1.29, 1.82) is 0 Å². The van der Waals surface area contributed by atoms with Gasteiger partial charge in [-0.15, -0.1) is 0 Å². The van der Waals surface area contributed by atoms with Crippen LogP contribution in [0.4, 0.5) is 5.13 Å². The zero-order valence-electron chi connectivity index (χ0n) is 19.8. The lowest BCUT2D eigenvalue weighted by atomic mass is 9.88. The maximum absolute atomic E-state index is 13.0. The number of nitrogens with zero attached hydrogens (tertiary/aromatic N) is 5. The van der Waals surface area contributed by atoms with Crippen molar-refractivity contribution in [2.24, 2.45) is 13.0 Å². The van der Waals surface area contributed by atoms with Crippen LogP contribution in [0.1, 0.15) is 45.6 Å². The van der Waals surface area contributed by atoms with E-state index in [-0.39, 0.29) is 24.4 Å². The lowest BCUT2D eigenvalue weighted by Gasteiger charge is -2.37. The number of anilines is 1. The molecule has 4 rings (SSSR count). The number of carbonyl (C=O) groups excluding carboxylic acids is 2. The number of halogens is 2. The molecule has 0 amide bonds. The smallest absolute Gasteiger partial charge is 0.350 e. The first-order valence-electron chi connectivity index (χ1n) is 11.1. The number of ketones is 1. The number of piperidine rings is 1. The molecule has 35 heavy (non-hydrogen) atoms. The molecule has 0 spiro atoms. The predicted molar refractivity (Wildman–Crippen MR) is 136 cm³/mol. The summed E-state index contributed by atoms with van der Waals surface area (Å²) in [5.41, 5.74) is 1.68. The number of Topliss-reactive ketones (excluding diaryl/α,β-unsaturated/α-hetero) is 1. The van der Waals surface area contributed by atoms with Crippen molar-refractivity contribution in [1.82, 2.24) is 24.7 Å². The SMILES string of the molecule is CCOC(=O)c1sc(N2CC[C@@H](CC(=O)c3[nH]c(C)c(Cl)c3Br)[C@@H](OC)C2)nc1-c1ncnn1C. The number of aromatic amines is 1. The average Bonchev–Trinajstić information content (AvgIpc) is 3.53. The molecule has 3 aromatic rings. The van der Waals surface area contributed by atoms with Gasteiger partial charge in [0.05, 0.1) is 27.9 Å². The second kappa shape index (κ2) is 10.8. The fraction of sp³-hybridized carbons (Fsp3) is 0.500. The number of H-pyrrole nitrogens is 1. The normalized spacial score (nSPS) is 18.2. The van der Waals surface area contributed by atoms with E-state index >= 15 is 0 Å². The quantitative estimate of drug-likeness (QED) is 0.308. The van der Waals surface area contributed by atoms with Crippen LogP contribution < -0.4 is 4.90 Å². The fourth-order valence-electron chi connectivity index (χ4n) is 4.18. The molecule has 0 saturated carbocycles.